The minimum Gasteiger partial charge on any atom is -0.374 e. The van der Waals surface area contributed by atoms with Gasteiger partial charge in [0.1, 0.15) is 0 Å². The lowest BCUT2D eigenvalue weighted by Gasteiger charge is -2.28. The van der Waals surface area contributed by atoms with Crippen molar-refractivity contribution in [2.75, 3.05) is 6.61 Å². The Morgan fingerprint density at radius 3 is 2.73 bits per heavy atom. The zero-order valence-electron chi connectivity index (χ0n) is 7.23. The van der Waals surface area contributed by atoms with E-state index in [4.69, 9.17) is 4.74 Å². The molecule has 1 aliphatic heterocycles. The van der Waals surface area contributed by atoms with E-state index in [2.05, 4.69) is 6.92 Å². The Kier molecular flexibility index (Phi) is 1.99. The van der Waals surface area contributed by atoms with Gasteiger partial charge in [0.15, 0.2) is 0 Å². The maximum atomic E-state index is 5.59. The van der Waals surface area contributed by atoms with E-state index < -0.39 is 0 Å². The van der Waals surface area contributed by atoms with Gasteiger partial charge < -0.3 is 4.74 Å². The maximum Gasteiger partial charge on any atom is 0.0683 e. The Morgan fingerprint density at radius 1 is 1.18 bits per heavy atom. The molecule has 1 heterocycles. The Morgan fingerprint density at radius 2 is 1.91 bits per heavy atom. The first-order valence-corrected chi connectivity index (χ1v) is 4.67. The molecule has 0 bridgehead atoms. The summed E-state index contributed by atoms with van der Waals surface area (Å²) in [6, 6.07) is 0. The molecule has 1 nitrogen and oxygen atoms in total. The first-order chi connectivity index (χ1) is 5.36. The second-order valence-electron chi connectivity index (χ2n) is 3.74. The molecule has 62 valence electrons. The van der Waals surface area contributed by atoms with E-state index in [1.807, 2.05) is 0 Å². The van der Waals surface area contributed by atoms with Gasteiger partial charge in [-0.3, -0.25) is 0 Å². The van der Waals surface area contributed by atoms with Crippen LogP contribution in [0.1, 0.15) is 39.0 Å². The zero-order valence-corrected chi connectivity index (χ0v) is 7.23. The fourth-order valence-electron chi connectivity index (χ4n) is 2.10. The average molecular weight is 152 g/mol. The zero-order chi connectivity index (χ0) is 7.68. The van der Waals surface area contributed by atoms with Crippen molar-refractivity contribution < 1.29 is 4.74 Å². The van der Waals surface area contributed by atoms with Crippen molar-refractivity contribution in [3.63, 3.8) is 0 Å². The van der Waals surface area contributed by atoms with Crippen LogP contribution in [-0.4, -0.2) is 12.7 Å². The van der Waals surface area contributed by atoms with Crippen molar-refractivity contribution in [1.82, 2.24) is 0 Å². The molecule has 0 saturated heterocycles. The summed E-state index contributed by atoms with van der Waals surface area (Å²) >= 11 is 0. The van der Waals surface area contributed by atoms with Crippen LogP contribution in [0.3, 0.4) is 0 Å². The normalized spacial score (nSPS) is 31.9. The van der Waals surface area contributed by atoms with Crippen LogP contribution >= 0.6 is 0 Å². The fourth-order valence-corrected chi connectivity index (χ4v) is 2.10. The smallest absolute Gasteiger partial charge is 0.0683 e. The standard InChI is InChI=1S/C10H16O/c1-8-6-9-4-2-3-5-10(9)7-11-8/h8H,2-7H2,1H3. The third-order valence-corrected chi connectivity index (χ3v) is 2.78. The summed E-state index contributed by atoms with van der Waals surface area (Å²) in [7, 11) is 0. The first kappa shape index (κ1) is 7.35. The Bertz CT molecular complexity index is 181. The summed E-state index contributed by atoms with van der Waals surface area (Å²) in [5.41, 5.74) is 3.34. The maximum absolute atomic E-state index is 5.59. The van der Waals surface area contributed by atoms with Crippen molar-refractivity contribution in [3.05, 3.63) is 11.1 Å². The van der Waals surface area contributed by atoms with Crippen LogP contribution in [0, 0.1) is 0 Å². The molecule has 1 heteroatoms. The molecular formula is C10H16O. The van der Waals surface area contributed by atoms with Crippen molar-refractivity contribution >= 4 is 0 Å². The largest absolute Gasteiger partial charge is 0.374 e. The molecule has 2 rings (SSSR count). The second kappa shape index (κ2) is 2.98. The summed E-state index contributed by atoms with van der Waals surface area (Å²) in [4.78, 5) is 0. The lowest BCUT2D eigenvalue weighted by atomic mass is 9.87. The van der Waals surface area contributed by atoms with Crippen LogP contribution in [0.2, 0.25) is 0 Å². The van der Waals surface area contributed by atoms with Crippen LogP contribution < -0.4 is 0 Å². The molecule has 1 aliphatic carbocycles. The lowest BCUT2D eigenvalue weighted by molar-refractivity contribution is 0.0668. The van der Waals surface area contributed by atoms with E-state index in [9.17, 15) is 0 Å². The van der Waals surface area contributed by atoms with Gasteiger partial charge >= 0.3 is 0 Å². The number of rotatable bonds is 0. The molecule has 0 aromatic carbocycles. The minimum absolute atomic E-state index is 0.479. The molecule has 0 fully saturated rings. The van der Waals surface area contributed by atoms with Crippen molar-refractivity contribution in [2.24, 2.45) is 0 Å². The highest BCUT2D eigenvalue weighted by Gasteiger charge is 2.20. The lowest BCUT2D eigenvalue weighted by Crippen LogP contribution is -2.20. The van der Waals surface area contributed by atoms with E-state index >= 15 is 0 Å². The molecule has 1 unspecified atom stereocenters. The topological polar surface area (TPSA) is 9.23 Å². The predicted molar refractivity (Wildman–Crippen MR) is 45.5 cm³/mol. The molecule has 0 spiro atoms. The number of hydrogen-bond acceptors (Lipinski definition) is 1. The number of ether oxygens (including phenoxy) is 1. The van der Waals surface area contributed by atoms with Gasteiger partial charge in [-0.1, -0.05) is 5.57 Å². The van der Waals surface area contributed by atoms with E-state index in [0.29, 0.717) is 6.10 Å². The van der Waals surface area contributed by atoms with E-state index in [1.165, 1.54) is 32.1 Å². The highest BCUT2D eigenvalue weighted by Crippen LogP contribution is 2.31. The van der Waals surface area contributed by atoms with Crippen LogP contribution in [0.5, 0.6) is 0 Å². The molecule has 0 radical (unpaired) electrons. The van der Waals surface area contributed by atoms with Gasteiger partial charge in [0.25, 0.3) is 0 Å². The van der Waals surface area contributed by atoms with Gasteiger partial charge in [0.05, 0.1) is 12.7 Å². The average Bonchev–Trinajstić information content (AvgIpc) is 2.04. The van der Waals surface area contributed by atoms with Gasteiger partial charge in [-0.15, -0.1) is 0 Å². The molecular weight excluding hydrogens is 136 g/mol. The molecule has 0 saturated carbocycles. The first-order valence-electron chi connectivity index (χ1n) is 4.67. The molecule has 11 heavy (non-hydrogen) atoms. The Balaban J connectivity index is 2.12. The van der Waals surface area contributed by atoms with E-state index in [1.54, 1.807) is 11.1 Å². The molecule has 1 atom stereocenters. The SMILES string of the molecule is CC1CC2=C(CCCC2)CO1. The van der Waals surface area contributed by atoms with Gasteiger partial charge in [-0.2, -0.15) is 0 Å². The predicted octanol–water partition coefficient (Wildman–Crippen LogP) is 2.67. The van der Waals surface area contributed by atoms with Crippen molar-refractivity contribution in [2.45, 2.75) is 45.1 Å². The van der Waals surface area contributed by atoms with Crippen molar-refractivity contribution in [1.29, 1.82) is 0 Å². The summed E-state index contributed by atoms with van der Waals surface area (Å²) in [5.74, 6) is 0. The van der Waals surface area contributed by atoms with Crippen molar-refractivity contribution in [3.8, 4) is 0 Å². The highest BCUT2D eigenvalue weighted by molar-refractivity contribution is 5.20. The Hall–Kier alpha value is -0.300. The van der Waals surface area contributed by atoms with E-state index in [-0.39, 0.29) is 0 Å². The van der Waals surface area contributed by atoms with Gasteiger partial charge in [-0.05, 0) is 44.6 Å². The van der Waals surface area contributed by atoms with Crippen LogP contribution in [-0.2, 0) is 4.74 Å². The summed E-state index contributed by atoms with van der Waals surface area (Å²) < 4.78 is 5.59. The minimum atomic E-state index is 0.479. The quantitative estimate of drug-likeness (QED) is 0.485. The van der Waals surface area contributed by atoms with Gasteiger partial charge in [0.2, 0.25) is 0 Å². The number of hydrogen-bond donors (Lipinski definition) is 0. The molecule has 0 aromatic rings. The van der Waals surface area contributed by atoms with Crippen LogP contribution in [0.15, 0.2) is 11.1 Å². The molecule has 2 aliphatic rings. The van der Waals surface area contributed by atoms with Crippen LogP contribution in [0.25, 0.3) is 0 Å². The second-order valence-corrected chi connectivity index (χ2v) is 3.74. The summed E-state index contributed by atoms with van der Waals surface area (Å²) in [6.45, 7) is 3.11. The monoisotopic (exact) mass is 152 g/mol. The fraction of sp³-hybridized carbons (Fsp3) is 0.800. The van der Waals surface area contributed by atoms with Crippen LogP contribution in [0.4, 0.5) is 0 Å². The highest BCUT2D eigenvalue weighted by atomic mass is 16.5. The third-order valence-electron chi connectivity index (χ3n) is 2.78. The Labute approximate surface area is 68.4 Å². The summed E-state index contributed by atoms with van der Waals surface area (Å²) in [5, 5.41) is 0. The molecule has 0 aromatic heterocycles. The van der Waals surface area contributed by atoms with Gasteiger partial charge in [0, 0.05) is 0 Å². The van der Waals surface area contributed by atoms with Gasteiger partial charge in [-0.25, -0.2) is 0 Å². The third kappa shape index (κ3) is 1.48. The molecule has 0 N–H and O–H groups in total. The summed E-state index contributed by atoms with van der Waals surface area (Å²) in [6.07, 6.45) is 7.13. The van der Waals surface area contributed by atoms with E-state index in [0.717, 1.165) is 6.61 Å². The molecule has 0 amide bonds.